The molecule has 0 N–H and O–H groups in total. The molecule has 28 heavy (non-hydrogen) atoms. The highest BCUT2D eigenvalue weighted by Gasteiger charge is 2.35. The largest absolute Gasteiger partial charge is 0.465 e. The molecule has 0 fully saturated rings. The number of benzene rings is 2. The zero-order valence-electron chi connectivity index (χ0n) is 16.5. The van der Waals surface area contributed by atoms with Crippen molar-refractivity contribution < 1.29 is 23.5 Å². The Balaban J connectivity index is 2.09. The van der Waals surface area contributed by atoms with Crippen LogP contribution in [0.2, 0.25) is 0 Å². The number of methoxy groups -OCH3 is 1. The van der Waals surface area contributed by atoms with Gasteiger partial charge in [0.2, 0.25) is 0 Å². The van der Waals surface area contributed by atoms with E-state index in [-0.39, 0.29) is 5.82 Å². The number of amides is 1. The number of ether oxygens (including phenoxy) is 2. The molecule has 0 spiro atoms. The molecule has 0 saturated carbocycles. The third-order valence-electron chi connectivity index (χ3n) is 4.61. The Morgan fingerprint density at radius 2 is 1.79 bits per heavy atom. The zero-order chi connectivity index (χ0) is 20.5. The van der Waals surface area contributed by atoms with Crippen LogP contribution in [0.1, 0.15) is 53.9 Å². The van der Waals surface area contributed by atoms with Gasteiger partial charge in [-0.05, 0) is 68.1 Å². The molecule has 6 heteroatoms. The molecular weight excluding hydrogens is 361 g/mol. The minimum absolute atomic E-state index is 0.355. The van der Waals surface area contributed by atoms with Gasteiger partial charge in [0.1, 0.15) is 11.4 Å². The van der Waals surface area contributed by atoms with Gasteiger partial charge in [0.05, 0.1) is 18.7 Å². The van der Waals surface area contributed by atoms with E-state index in [0.717, 1.165) is 16.7 Å². The van der Waals surface area contributed by atoms with E-state index in [1.807, 2.05) is 26.8 Å². The van der Waals surface area contributed by atoms with Gasteiger partial charge < -0.3 is 9.47 Å². The normalized spacial score (nSPS) is 16.3. The Hall–Kier alpha value is -2.89. The third kappa shape index (κ3) is 4.16. The standard InChI is InChI=1S/C22H24FNO4/c1-22(2,3)28-21(26)24-12-11-14-5-6-16(20(25)27-4)13-18(14)19(24)15-7-9-17(23)10-8-15/h5-10,13,19H,11-12H2,1-4H3/t19-/m0/s1. The summed E-state index contributed by atoms with van der Waals surface area (Å²) in [4.78, 5) is 26.5. The van der Waals surface area contributed by atoms with Crippen LogP contribution in [0, 0.1) is 5.82 Å². The summed E-state index contributed by atoms with van der Waals surface area (Å²) in [7, 11) is 1.33. The second kappa shape index (κ2) is 7.62. The molecule has 0 radical (unpaired) electrons. The molecule has 1 aliphatic heterocycles. The predicted octanol–water partition coefficient (Wildman–Crippen LogP) is 4.49. The summed E-state index contributed by atoms with van der Waals surface area (Å²) in [6.45, 7) is 5.89. The van der Waals surface area contributed by atoms with Crippen LogP contribution in [-0.2, 0) is 15.9 Å². The maximum atomic E-state index is 13.5. The molecule has 0 bridgehead atoms. The number of hydrogen-bond acceptors (Lipinski definition) is 4. The fraction of sp³-hybridized carbons (Fsp3) is 0.364. The van der Waals surface area contributed by atoms with Gasteiger partial charge in [-0.2, -0.15) is 0 Å². The van der Waals surface area contributed by atoms with Crippen LogP contribution in [0.15, 0.2) is 42.5 Å². The minimum Gasteiger partial charge on any atom is -0.465 e. The van der Waals surface area contributed by atoms with Gasteiger partial charge >= 0.3 is 12.1 Å². The first-order chi connectivity index (χ1) is 13.2. The molecule has 1 atom stereocenters. The van der Waals surface area contributed by atoms with Crippen molar-refractivity contribution in [1.29, 1.82) is 0 Å². The fourth-order valence-electron chi connectivity index (χ4n) is 3.38. The van der Waals surface area contributed by atoms with Gasteiger partial charge in [0.15, 0.2) is 0 Å². The van der Waals surface area contributed by atoms with E-state index in [4.69, 9.17) is 9.47 Å². The van der Waals surface area contributed by atoms with Crippen LogP contribution in [-0.4, -0.2) is 36.2 Å². The van der Waals surface area contributed by atoms with E-state index < -0.39 is 23.7 Å². The van der Waals surface area contributed by atoms with Crippen LogP contribution < -0.4 is 0 Å². The number of rotatable bonds is 2. The average molecular weight is 385 g/mol. The van der Waals surface area contributed by atoms with E-state index in [1.54, 1.807) is 29.2 Å². The van der Waals surface area contributed by atoms with Gasteiger partial charge in [0.25, 0.3) is 0 Å². The van der Waals surface area contributed by atoms with Crippen molar-refractivity contribution in [3.8, 4) is 0 Å². The van der Waals surface area contributed by atoms with Crippen LogP contribution in [0.4, 0.5) is 9.18 Å². The summed E-state index contributed by atoms with van der Waals surface area (Å²) in [5.41, 5.74) is 2.35. The van der Waals surface area contributed by atoms with Gasteiger partial charge in [-0.25, -0.2) is 14.0 Å². The van der Waals surface area contributed by atoms with Crippen molar-refractivity contribution in [1.82, 2.24) is 4.90 Å². The molecule has 148 valence electrons. The first-order valence-electron chi connectivity index (χ1n) is 9.16. The molecular formula is C22H24FNO4. The van der Waals surface area contributed by atoms with Crippen LogP contribution >= 0.6 is 0 Å². The van der Waals surface area contributed by atoms with Crippen molar-refractivity contribution in [3.05, 3.63) is 70.5 Å². The molecule has 1 heterocycles. The van der Waals surface area contributed by atoms with Gasteiger partial charge in [-0.1, -0.05) is 18.2 Å². The quantitative estimate of drug-likeness (QED) is 0.715. The van der Waals surface area contributed by atoms with Crippen LogP contribution in [0.5, 0.6) is 0 Å². The zero-order valence-corrected chi connectivity index (χ0v) is 16.5. The maximum Gasteiger partial charge on any atom is 0.411 e. The summed E-state index contributed by atoms with van der Waals surface area (Å²) in [5, 5.41) is 0. The summed E-state index contributed by atoms with van der Waals surface area (Å²) >= 11 is 0. The molecule has 0 aromatic heterocycles. The van der Waals surface area contributed by atoms with Crippen molar-refractivity contribution in [2.75, 3.05) is 13.7 Å². The molecule has 1 amide bonds. The highest BCUT2D eigenvalue weighted by molar-refractivity contribution is 5.89. The van der Waals surface area contributed by atoms with Crippen molar-refractivity contribution in [2.45, 2.75) is 38.8 Å². The number of esters is 1. The third-order valence-corrected chi connectivity index (χ3v) is 4.61. The number of carbonyl (C=O) groups is 2. The number of halogens is 1. The number of carbonyl (C=O) groups excluding carboxylic acids is 2. The molecule has 5 nitrogen and oxygen atoms in total. The van der Waals surface area contributed by atoms with Gasteiger partial charge in [-0.3, -0.25) is 4.90 Å². The first-order valence-corrected chi connectivity index (χ1v) is 9.16. The monoisotopic (exact) mass is 385 g/mol. The summed E-state index contributed by atoms with van der Waals surface area (Å²) in [5.74, 6) is -0.804. The lowest BCUT2D eigenvalue weighted by Crippen LogP contribution is -2.43. The van der Waals surface area contributed by atoms with E-state index in [9.17, 15) is 14.0 Å². The van der Waals surface area contributed by atoms with E-state index in [0.29, 0.717) is 18.5 Å². The summed E-state index contributed by atoms with van der Waals surface area (Å²) < 4.78 is 23.9. The smallest absolute Gasteiger partial charge is 0.411 e. The van der Waals surface area contributed by atoms with E-state index in [2.05, 4.69) is 0 Å². The highest BCUT2D eigenvalue weighted by Crippen LogP contribution is 2.37. The second-order valence-electron chi connectivity index (χ2n) is 7.78. The lowest BCUT2D eigenvalue weighted by atomic mass is 9.87. The molecule has 0 unspecified atom stereocenters. The average Bonchev–Trinajstić information content (AvgIpc) is 2.65. The Bertz CT molecular complexity index is 886. The van der Waals surface area contributed by atoms with Crippen LogP contribution in [0.3, 0.4) is 0 Å². The Morgan fingerprint density at radius 3 is 2.39 bits per heavy atom. The molecule has 3 rings (SSSR count). The molecule has 0 aliphatic carbocycles. The Kier molecular flexibility index (Phi) is 5.40. The van der Waals surface area contributed by atoms with E-state index >= 15 is 0 Å². The molecule has 0 saturated heterocycles. The van der Waals surface area contributed by atoms with Crippen molar-refractivity contribution >= 4 is 12.1 Å². The predicted molar refractivity (Wildman–Crippen MR) is 103 cm³/mol. The lowest BCUT2D eigenvalue weighted by molar-refractivity contribution is 0.0178. The Morgan fingerprint density at radius 1 is 1.11 bits per heavy atom. The van der Waals surface area contributed by atoms with E-state index in [1.165, 1.54) is 19.2 Å². The summed E-state index contributed by atoms with van der Waals surface area (Å²) in [6.07, 6.45) is 0.184. The molecule has 2 aromatic rings. The minimum atomic E-state index is -0.640. The number of fused-ring (bicyclic) bond motifs is 1. The Labute approximate surface area is 164 Å². The molecule has 2 aromatic carbocycles. The van der Waals surface area contributed by atoms with Crippen molar-refractivity contribution in [3.63, 3.8) is 0 Å². The molecule has 1 aliphatic rings. The highest BCUT2D eigenvalue weighted by atomic mass is 19.1. The van der Waals surface area contributed by atoms with Gasteiger partial charge in [-0.15, -0.1) is 0 Å². The van der Waals surface area contributed by atoms with Crippen LogP contribution in [0.25, 0.3) is 0 Å². The lowest BCUT2D eigenvalue weighted by Gasteiger charge is -2.38. The second-order valence-corrected chi connectivity index (χ2v) is 7.78. The summed E-state index contributed by atoms with van der Waals surface area (Å²) in [6, 6.07) is 10.9. The first kappa shape index (κ1) is 19.9. The topological polar surface area (TPSA) is 55.8 Å². The number of nitrogens with zero attached hydrogens (tertiary/aromatic N) is 1. The van der Waals surface area contributed by atoms with Gasteiger partial charge in [0, 0.05) is 6.54 Å². The number of hydrogen-bond donors (Lipinski definition) is 0. The maximum absolute atomic E-state index is 13.5. The van der Waals surface area contributed by atoms with Crippen molar-refractivity contribution in [2.24, 2.45) is 0 Å². The SMILES string of the molecule is COC(=O)c1ccc2c(c1)[C@H](c1ccc(F)cc1)N(C(=O)OC(C)(C)C)CC2. The fourth-order valence-corrected chi connectivity index (χ4v) is 3.38.